The molecular weight excluding hydrogens is 446 g/mol. The Labute approximate surface area is 194 Å². The molecule has 0 aliphatic heterocycles. The van der Waals surface area contributed by atoms with Crippen LogP contribution >= 0.6 is 0 Å². The molecule has 6 atom stereocenters. The third-order valence-corrected chi connectivity index (χ3v) is 7.47. The smallest absolute Gasteiger partial charge is 0.235 e. The van der Waals surface area contributed by atoms with Gasteiger partial charge in [0.15, 0.2) is 40.4 Å². The molecule has 1 aromatic rings. The fourth-order valence-corrected chi connectivity index (χ4v) is 6.01. The summed E-state index contributed by atoms with van der Waals surface area (Å²) in [6.45, 7) is 1.28. The lowest BCUT2D eigenvalue weighted by Gasteiger charge is -2.52. The zero-order valence-electron chi connectivity index (χ0n) is 18.8. The molecule has 11 nitrogen and oxygen atoms in total. The number of hydrogen-bond donors (Lipinski definition) is 4. The Hall–Kier alpha value is -3.44. The Morgan fingerprint density at radius 1 is 1.15 bits per heavy atom. The van der Waals surface area contributed by atoms with Gasteiger partial charge in [-0.1, -0.05) is 0 Å². The molecule has 11 heteroatoms. The number of carbonyl (C=O) groups is 6. The van der Waals surface area contributed by atoms with Gasteiger partial charge in [0, 0.05) is 11.5 Å². The number of likely N-dealkylation sites (N-methyl/N-ethyl adjacent to an activating group) is 1. The van der Waals surface area contributed by atoms with Gasteiger partial charge in [-0.3, -0.25) is 33.7 Å². The lowest BCUT2D eigenvalue weighted by Crippen LogP contribution is -2.74. The lowest BCUT2D eigenvalue weighted by molar-refractivity contribution is -0.181. The molecule has 2 saturated carbocycles. The predicted molar refractivity (Wildman–Crippen MR) is 116 cm³/mol. The molecule has 6 N–H and O–H groups in total. The molecule has 0 aromatic heterocycles. The number of aliphatic hydroxyl groups is 1. The number of Topliss-reactive ketones (excluding diaryl/α,β-unsaturated/α-hetero) is 5. The lowest BCUT2D eigenvalue weighted by atomic mass is 9.52. The van der Waals surface area contributed by atoms with Crippen molar-refractivity contribution in [2.75, 3.05) is 19.8 Å². The van der Waals surface area contributed by atoms with Gasteiger partial charge in [-0.15, -0.1) is 0 Å². The number of phenolic OH excluding ortho intramolecular Hbond substituents is 1. The third-order valence-electron chi connectivity index (χ3n) is 7.47. The fraction of sp³-hybridized carbons (Fsp3) is 0.478. The standard InChI is InChI=1S/C23H25N3O8/c1-7(27)9-6-12(24)17(28)14-10(9)4-8-5-11-16(26(2)3)19(30)15(22(25)33)21(32)23(11,34)20(31)13(8)18(14)29/h6,8,11,13,15-16,28,34H,4-5,24H2,1-3H3,(H2,25,33). The van der Waals surface area contributed by atoms with E-state index in [9.17, 15) is 39.0 Å². The van der Waals surface area contributed by atoms with Gasteiger partial charge in [0.25, 0.3) is 0 Å². The quantitative estimate of drug-likeness (QED) is 0.177. The van der Waals surface area contributed by atoms with E-state index < -0.39 is 75.9 Å². The Kier molecular flexibility index (Phi) is 5.26. The third kappa shape index (κ3) is 2.90. The molecule has 0 spiro atoms. The summed E-state index contributed by atoms with van der Waals surface area (Å²) in [5.74, 6) is -12.0. The minimum atomic E-state index is -2.80. The molecule has 4 rings (SSSR count). The van der Waals surface area contributed by atoms with Crippen LogP contribution in [-0.4, -0.2) is 75.7 Å². The second-order valence-corrected chi connectivity index (χ2v) is 9.56. The number of hydrogen-bond acceptors (Lipinski definition) is 10. The number of ketones is 5. The largest absolute Gasteiger partial charge is 0.505 e. The Balaban J connectivity index is 1.92. The molecule has 0 saturated heterocycles. The van der Waals surface area contributed by atoms with Gasteiger partial charge in [0.05, 0.1) is 23.2 Å². The Morgan fingerprint density at radius 3 is 2.29 bits per heavy atom. The minimum absolute atomic E-state index is 0.00852. The van der Waals surface area contributed by atoms with Crippen LogP contribution < -0.4 is 11.5 Å². The number of primary amides is 1. The van der Waals surface area contributed by atoms with E-state index in [0.29, 0.717) is 0 Å². The molecular formula is C23H25N3O8. The van der Waals surface area contributed by atoms with Crippen molar-refractivity contribution in [2.24, 2.45) is 29.4 Å². The number of fused-ring (bicyclic) bond motifs is 3. The van der Waals surface area contributed by atoms with Gasteiger partial charge in [-0.2, -0.15) is 0 Å². The van der Waals surface area contributed by atoms with Crippen LogP contribution in [0.3, 0.4) is 0 Å². The predicted octanol–water partition coefficient (Wildman–Crippen LogP) is -1.35. The van der Waals surface area contributed by atoms with Crippen molar-refractivity contribution in [3.05, 3.63) is 22.8 Å². The summed E-state index contributed by atoms with van der Waals surface area (Å²) in [6, 6.07) is 0.0763. The first-order valence-corrected chi connectivity index (χ1v) is 10.7. The van der Waals surface area contributed by atoms with E-state index in [2.05, 4.69) is 0 Å². The second-order valence-electron chi connectivity index (χ2n) is 9.56. The number of nitrogens with two attached hydrogens (primary N) is 2. The molecule has 1 aromatic carbocycles. The molecule has 0 bridgehead atoms. The topological polar surface area (TPSA) is 198 Å². The second kappa shape index (κ2) is 7.54. The highest BCUT2D eigenvalue weighted by atomic mass is 16.3. The summed E-state index contributed by atoms with van der Waals surface area (Å²) in [5.41, 5.74) is 8.09. The van der Waals surface area contributed by atoms with E-state index >= 15 is 0 Å². The van der Waals surface area contributed by atoms with Gasteiger partial charge >= 0.3 is 0 Å². The first kappa shape index (κ1) is 23.7. The summed E-state index contributed by atoms with van der Waals surface area (Å²) in [7, 11) is 3.01. The van der Waals surface area contributed by atoms with Crippen molar-refractivity contribution >= 4 is 40.5 Å². The average Bonchev–Trinajstić information content (AvgIpc) is 2.72. The first-order chi connectivity index (χ1) is 15.7. The van der Waals surface area contributed by atoms with Gasteiger partial charge in [0.2, 0.25) is 5.91 Å². The van der Waals surface area contributed by atoms with Crippen LogP contribution in [0.25, 0.3) is 0 Å². The SMILES string of the molecule is CC(=O)c1cc(N)c(O)c2c1CC1CC3C(N(C)C)C(=O)C(C(N)=O)C(=O)C3(O)C(=O)C1C2=O. The first-order valence-electron chi connectivity index (χ1n) is 10.7. The van der Waals surface area contributed by atoms with Crippen LogP contribution in [0.4, 0.5) is 5.69 Å². The van der Waals surface area contributed by atoms with Gasteiger partial charge in [-0.25, -0.2) is 0 Å². The molecule has 2 fully saturated rings. The van der Waals surface area contributed by atoms with Crippen molar-refractivity contribution in [1.82, 2.24) is 4.90 Å². The van der Waals surface area contributed by atoms with Crippen LogP contribution in [0.5, 0.6) is 5.75 Å². The van der Waals surface area contributed by atoms with Crippen molar-refractivity contribution in [2.45, 2.75) is 31.4 Å². The van der Waals surface area contributed by atoms with Crippen molar-refractivity contribution < 1.29 is 39.0 Å². The van der Waals surface area contributed by atoms with Crippen LogP contribution in [0, 0.1) is 23.7 Å². The maximum Gasteiger partial charge on any atom is 0.235 e. The van der Waals surface area contributed by atoms with Gasteiger partial charge < -0.3 is 21.7 Å². The highest BCUT2D eigenvalue weighted by molar-refractivity contribution is 6.32. The Morgan fingerprint density at radius 2 is 1.76 bits per heavy atom. The van der Waals surface area contributed by atoms with Crippen LogP contribution in [0.2, 0.25) is 0 Å². The number of aromatic hydroxyl groups is 1. The van der Waals surface area contributed by atoms with Crippen LogP contribution in [-0.2, 0) is 25.6 Å². The fourth-order valence-electron chi connectivity index (χ4n) is 6.01. The molecule has 0 radical (unpaired) electrons. The molecule has 34 heavy (non-hydrogen) atoms. The summed E-state index contributed by atoms with van der Waals surface area (Å²) >= 11 is 0. The summed E-state index contributed by atoms with van der Waals surface area (Å²) in [6.07, 6.45) is -0.0824. The zero-order valence-corrected chi connectivity index (χ0v) is 18.8. The number of anilines is 1. The number of carbonyl (C=O) groups excluding carboxylic acids is 6. The van der Waals surface area contributed by atoms with E-state index in [1.165, 1.54) is 32.0 Å². The minimum Gasteiger partial charge on any atom is -0.505 e. The maximum absolute atomic E-state index is 13.7. The number of rotatable bonds is 3. The van der Waals surface area contributed by atoms with E-state index in [1.54, 1.807) is 0 Å². The molecule has 3 aliphatic carbocycles. The number of amides is 1. The van der Waals surface area contributed by atoms with E-state index in [0.717, 1.165) is 0 Å². The summed E-state index contributed by atoms with van der Waals surface area (Å²) < 4.78 is 0. The van der Waals surface area contributed by atoms with E-state index in [-0.39, 0.29) is 35.2 Å². The molecule has 0 heterocycles. The van der Waals surface area contributed by atoms with Crippen molar-refractivity contribution in [3.8, 4) is 5.75 Å². The Bertz CT molecular complexity index is 1210. The molecule has 180 valence electrons. The van der Waals surface area contributed by atoms with E-state index in [4.69, 9.17) is 11.5 Å². The normalized spacial score (nSPS) is 32.8. The van der Waals surface area contributed by atoms with Gasteiger partial charge in [-0.05, 0) is 51.4 Å². The number of benzene rings is 1. The zero-order chi connectivity index (χ0) is 25.4. The van der Waals surface area contributed by atoms with Gasteiger partial charge in [0.1, 0.15) is 5.75 Å². The molecule has 3 aliphatic rings. The van der Waals surface area contributed by atoms with Crippen LogP contribution in [0.15, 0.2) is 6.07 Å². The number of nitrogen functional groups attached to an aromatic ring is 1. The van der Waals surface area contributed by atoms with Crippen molar-refractivity contribution in [3.63, 3.8) is 0 Å². The van der Waals surface area contributed by atoms with Crippen molar-refractivity contribution in [1.29, 1.82) is 0 Å². The number of phenols is 1. The monoisotopic (exact) mass is 471 g/mol. The molecule has 6 unspecified atom stereocenters. The van der Waals surface area contributed by atoms with E-state index in [1.807, 2.05) is 0 Å². The highest BCUT2D eigenvalue weighted by Crippen LogP contribution is 2.51. The number of nitrogens with zero attached hydrogens (tertiary/aromatic N) is 1. The van der Waals surface area contributed by atoms with Crippen LogP contribution in [0.1, 0.15) is 39.6 Å². The average molecular weight is 471 g/mol. The molecule has 1 amide bonds. The maximum atomic E-state index is 13.7. The highest BCUT2D eigenvalue weighted by Gasteiger charge is 2.69. The summed E-state index contributed by atoms with van der Waals surface area (Å²) in [5, 5.41) is 22.0. The summed E-state index contributed by atoms with van der Waals surface area (Å²) in [4.78, 5) is 78.9.